The summed E-state index contributed by atoms with van der Waals surface area (Å²) < 4.78 is 11.4. The molecule has 1 amide bonds. The van der Waals surface area contributed by atoms with Crippen molar-refractivity contribution in [1.82, 2.24) is 4.90 Å². The molecule has 0 unspecified atom stereocenters. The average molecular weight is 343 g/mol. The lowest BCUT2D eigenvalue weighted by molar-refractivity contribution is -0.137. The Labute approximate surface area is 125 Å². The molecule has 0 radical (unpaired) electrons. The van der Waals surface area contributed by atoms with Crippen molar-refractivity contribution in [2.24, 2.45) is 5.16 Å². The number of nitrogens with zero attached hydrogens (tertiary/aromatic N) is 2. The Morgan fingerprint density at radius 2 is 2.25 bits per heavy atom. The van der Waals surface area contributed by atoms with Crippen LogP contribution >= 0.6 is 15.9 Å². The van der Waals surface area contributed by atoms with Crippen LogP contribution in [0.4, 0.5) is 0 Å². The number of halogens is 1. The van der Waals surface area contributed by atoms with Gasteiger partial charge in [0, 0.05) is 13.1 Å². The molecule has 1 aliphatic heterocycles. The molecule has 1 aliphatic rings. The van der Waals surface area contributed by atoms with Gasteiger partial charge in [0.1, 0.15) is 5.75 Å². The fourth-order valence-corrected chi connectivity index (χ4v) is 2.34. The molecule has 1 aromatic carbocycles. The number of benzene rings is 1. The van der Waals surface area contributed by atoms with Crippen molar-refractivity contribution in [2.45, 2.75) is 0 Å². The summed E-state index contributed by atoms with van der Waals surface area (Å²) in [5.74, 6) is 0.517. The van der Waals surface area contributed by atoms with Crippen LogP contribution in [0.25, 0.3) is 0 Å². The fraction of sp³-hybridized carbons (Fsp3) is 0.385. The molecule has 7 heteroatoms. The maximum Gasteiger partial charge on any atom is 0.260 e. The minimum atomic E-state index is -0.0544. The zero-order chi connectivity index (χ0) is 14.4. The number of morpholine rings is 1. The van der Waals surface area contributed by atoms with Crippen LogP contribution < -0.4 is 4.74 Å². The van der Waals surface area contributed by atoms with Gasteiger partial charge < -0.3 is 19.6 Å². The molecular weight excluding hydrogens is 328 g/mol. The molecule has 108 valence electrons. The van der Waals surface area contributed by atoms with Crippen molar-refractivity contribution in [3.8, 4) is 5.75 Å². The molecule has 1 N–H and O–H groups in total. The SMILES string of the molecule is O=C(COc1ccc(C=NO)cc1Br)N1CCOCC1. The second-order valence-corrected chi connectivity index (χ2v) is 5.07. The zero-order valence-corrected chi connectivity index (χ0v) is 12.4. The van der Waals surface area contributed by atoms with Gasteiger partial charge in [0.15, 0.2) is 6.61 Å². The second kappa shape index (κ2) is 7.25. The molecule has 1 saturated heterocycles. The zero-order valence-electron chi connectivity index (χ0n) is 10.8. The molecule has 1 heterocycles. The van der Waals surface area contributed by atoms with Crippen LogP contribution in [0.2, 0.25) is 0 Å². The lowest BCUT2D eigenvalue weighted by Crippen LogP contribution is -2.43. The van der Waals surface area contributed by atoms with E-state index in [4.69, 9.17) is 14.7 Å². The third-order valence-corrected chi connectivity index (χ3v) is 3.50. The fourth-order valence-electron chi connectivity index (χ4n) is 1.82. The van der Waals surface area contributed by atoms with Gasteiger partial charge in [-0.15, -0.1) is 0 Å². The molecule has 0 saturated carbocycles. The van der Waals surface area contributed by atoms with Gasteiger partial charge in [0.25, 0.3) is 5.91 Å². The van der Waals surface area contributed by atoms with Gasteiger partial charge in [0.2, 0.25) is 0 Å². The standard InChI is InChI=1S/C13H15BrN2O4/c14-11-7-10(8-15-18)1-2-12(11)20-9-13(17)16-3-5-19-6-4-16/h1-2,7-8,18H,3-6,9H2. The van der Waals surface area contributed by atoms with Gasteiger partial charge in [-0.2, -0.15) is 0 Å². The second-order valence-electron chi connectivity index (χ2n) is 4.22. The quantitative estimate of drug-likeness (QED) is 0.511. The average Bonchev–Trinajstić information content (AvgIpc) is 2.47. The van der Waals surface area contributed by atoms with Crippen LogP contribution in [-0.2, 0) is 9.53 Å². The van der Waals surface area contributed by atoms with E-state index in [0.29, 0.717) is 36.5 Å². The van der Waals surface area contributed by atoms with E-state index in [1.807, 2.05) is 0 Å². The van der Waals surface area contributed by atoms with Crippen molar-refractivity contribution in [1.29, 1.82) is 0 Å². The third kappa shape index (κ3) is 3.94. The number of amides is 1. The Bertz CT molecular complexity index is 501. The van der Waals surface area contributed by atoms with E-state index in [9.17, 15) is 4.79 Å². The number of hydrogen-bond donors (Lipinski definition) is 1. The van der Waals surface area contributed by atoms with Crippen LogP contribution in [0.1, 0.15) is 5.56 Å². The van der Waals surface area contributed by atoms with E-state index in [1.165, 1.54) is 6.21 Å². The van der Waals surface area contributed by atoms with E-state index < -0.39 is 0 Å². The van der Waals surface area contributed by atoms with Crippen molar-refractivity contribution >= 4 is 28.1 Å². The summed E-state index contributed by atoms with van der Waals surface area (Å²) in [6.07, 6.45) is 1.31. The third-order valence-electron chi connectivity index (χ3n) is 2.88. The Hall–Kier alpha value is -1.60. The number of carbonyl (C=O) groups excluding carboxylic acids is 1. The van der Waals surface area contributed by atoms with E-state index in [2.05, 4.69) is 21.1 Å². The summed E-state index contributed by atoms with van der Waals surface area (Å²) in [6.45, 7) is 2.35. The van der Waals surface area contributed by atoms with Crippen molar-refractivity contribution in [2.75, 3.05) is 32.9 Å². The minimum Gasteiger partial charge on any atom is -0.483 e. The Morgan fingerprint density at radius 1 is 1.50 bits per heavy atom. The number of ether oxygens (including phenoxy) is 2. The maximum absolute atomic E-state index is 11.9. The van der Waals surface area contributed by atoms with Crippen molar-refractivity contribution in [3.63, 3.8) is 0 Å². The molecule has 6 nitrogen and oxygen atoms in total. The van der Waals surface area contributed by atoms with Crippen LogP contribution in [-0.4, -0.2) is 55.1 Å². The number of oxime groups is 1. The summed E-state index contributed by atoms with van der Waals surface area (Å²) >= 11 is 3.35. The Kier molecular flexibility index (Phi) is 5.37. The van der Waals surface area contributed by atoms with Crippen LogP contribution in [0.5, 0.6) is 5.75 Å². The molecule has 20 heavy (non-hydrogen) atoms. The normalized spacial score (nSPS) is 15.6. The largest absolute Gasteiger partial charge is 0.483 e. The van der Waals surface area contributed by atoms with Gasteiger partial charge in [-0.05, 0) is 39.7 Å². The lowest BCUT2D eigenvalue weighted by Gasteiger charge is -2.26. The predicted octanol–water partition coefficient (Wildman–Crippen LogP) is 1.49. The van der Waals surface area contributed by atoms with Crippen LogP contribution in [0, 0.1) is 0 Å². The molecule has 0 aliphatic carbocycles. The highest BCUT2D eigenvalue weighted by molar-refractivity contribution is 9.10. The molecule has 0 spiro atoms. The van der Waals surface area contributed by atoms with Gasteiger partial charge in [-0.1, -0.05) is 5.16 Å². The molecular formula is C13H15BrN2O4. The lowest BCUT2D eigenvalue weighted by atomic mass is 10.2. The highest BCUT2D eigenvalue weighted by atomic mass is 79.9. The van der Waals surface area contributed by atoms with Crippen molar-refractivity contribution in [3.05, 3.63) is 28.2 Å². The summed E-state index contributed by atoms with van der Waals surface area (Å²) in [6, 6.07) is 5.20. The highest BCUT2D eigenvalue weighted by Gasteiger charge is 2.17. The van der Waals surface area contributed by atoms with Gasteiger partial charge in [-0.3, -0.25) is 4.79 Å². The van der Waals surface area contributed by atoms with E-state index >= 15 is 0 Å². The molecule has 0 atom stereocenters. The monoisotopic (exact) mass is 342 g/mol. The molecule has 2 rings (SSSR count). The number of rotatable bonds is 4. The topological polar surface area (TPSA) is 71.4 Å². The molecule has 1 fully saturated rings. The minimum absolute atomic E-state index is 0.00790. The first-order valence-corrected chi connectivity index (χ1v) is 6.95. The van der Waals surface area contributed by atoms with E-state index in [1.54, 1.807) is 23.1 Å². The first-order valence-electron chi connectivity index (χ1n) is 6.16. The molecule has 1 aromatic rings. The number of hydrogen-bond acceptors (Lipinski definition) is 5. The van der Waals surface area contributed by atoms with Gasteiger partial charge >= 0.3 is 0 Å². The smallest absolute Gasteiger partial charge is 0.260 e. The maximum atomic E-state index is 11.9. The predicted molar refractivity (Wildman–Crippen MR) is 76.4 cm³/mol. The molecule has 0 bridgehead atoms. The summed E-state index contributed by atoms with van der Waals surface area (Å²) in [5, 5.41) is 11.4. The summed E-state index contributed by atoms with van der Waals surface area (Å²) in [5.41, 5.74) is 0.728. The number of carbonyl (C=O) groups is 1. The van der Waals surface area contributed by atoms with Gasteiger partial charge in [0.05, 0.1) is 23.9 Å². The van der Waals surface area contributed by atoms with E-state index in [0.717, 1.165) is 5.56 Å². The summed E-state index contributed by atoms with van der Waals surface area (Å²) in [4.78, 5) is 13.7. The van der Waals surface area contributed by atoms with Gasteiger partial charge in [-0.25, -0.2) is 0 Å². The Balaban J connectivity index is 1.91. The van der Waals surface area contributed by atoms with Crippen molar-refractivity contribution < 1.29 is 19.5 Å². The van der Waals surface area contributed by atoms with E-state index in [-0.39, 0.29) is 12.5 Å². The van der Waals surface area contributed by atoms with Crippen LogP contribution in [0.15, 0.2) is 27.8 Å². The molecule has 0 aromatic heterocycles. The summed E-state index contributed by atoms with van der Waals surface area (Å²) in [7, 11) is 0. The van der Waals surface area contributed by atoms with Crippen LogP contribution in [0.3, 0.4) is 0 Å². The first kappa shape index (κ1) is 14.8. The highest BCUT2D eigenvalue weighted by Crippen LogP contribution is 2.25. The first-order chi connectivity index (χ1) is 9.70. The Morgan fingerprint density at radius 3 is 2.90 bits per heavy atom.